The van der Waals surface area contributed by atoms with Crippen LogP contribution in [0.25, 0.3) is 0 Å². The maximum Gasteiger partial charge on any atom is 0.191 e. The molecule has 4 nitrogen and oxygen atoms in total. The Bertz CT molecular complexity index is 418. The van der Waals surface area contributed by atoms with Crippen molar-refractivity contribution in [2.24, 2.45) is 4.99 Å². The summed E-state index contributed by atoms with van der Waals surface area (Å²) in [6.07, 6.45) is 2.17. The largest absolute Gasteiger partial charge is 0.383 e. The van der Waals surface area contributed by atoms with Gasteiger partial charge in [-0.1, -0.05) is 38.1 Å². The third-order valence-electron chi connectivity index (χ3n) is 3.40. The van der Waals surface area contributed by atoms with Crippen molar-refractivity contribution in [2.75, 3.05) is 33.9 Å². The van der Waals surface area contributed by atoms with E-state index in [2.05, 4.69) is 53.7 Å². The van der Waals surface area contributed by atoms with Gasteiger partial charge in [0.1, 0.15) is 0 Å². The third-order valence-corrected chi connectivity index (χ3v) is 3.40. The summed E-state index contributed by atoms with van der Waals surface area (Å²) >= 11 is 0. The van der Waals surface area contributed by atoms with Gasteiger partial charge >= 0.3 is 0 Å². The Morgan fingerprint density at radius 1 is 1.14 bits per heavy atom. The zero-order chi connectivity index (χ0) is 15.5. The molecule has 0 atom stereocenters. The van der Waals surface area contributed by atoms with Crippen LogP contribution in [0.5, 0.6) is 0 Å². The van der Waals surface area contributed by atoms with Gasteiger partial charge in [0.05, 0.1) is 6.61 Å². The van der Waals surface area contributed by atoms with Crippen LogP contribution in [0, 0.1) is 0 Å². The van der Waals surface area contributed by atoms with Gasteiger partial charge in [-0.2, -0.15) is 0 Å². The highest BCUT2D eigenvalue weighted by molar-refractivity contribution is 14.0. The highest BCUT2D eigenvalue weighted by Crippen LogP contribution is 2.15. The van der Waals surface area contributed by atoms with Crippen molar-refractivity contribution >= 4 is 29.9 Å². The molecule has 0 amide bonds. The second kappa shape index (κ2) is 12.7. The molecule has 1 aromatic carbocycles. The van der Waals surface area contributed by atoms with Gasteiger partial charge in [-0.25, -0.2) is 0 Å². The van der Waals surface area contributed by atoms with E-state index in [0.717, 1.165) is 31.9 Å². The molecule has 0 saturated heterocycles. The number of aryl methyl sites for hydroxylation is 1. The van der Waals surface area contributed by atoms with E-state index in [-0.39, 0.29) is 24.0 Å². The van der Waals surface area contributed by atoms with Crippen LogP contribution in [0.2, 0.25) is 0 Å². The topological polar surface area (TPSA) is 45.7 Å². The number of methoxy groups -OCH3 is 1. The second-order valence-corrected chi connectivity index (χ2v) is 5.42. The van der Waals surface area contributed by atoms with E-state index in [0.29, 0.717) is 12.5 Å². The first kappa shape index (κ1) is 21.2. The van der Waals surface area contributed by atoms with Crippen LogP contribution >= 0.6 is 24.0 Å². The number of nitrogens with zero attached hydrogens (tertiary/aromatic N) is 1. The number of hydrogen-bond donors (Lipinski definition) is 2. The molecular weight excluding hydrogens is 389 g/mol. The molecule has 0 radical (unpaired) electrons. The summed E-state index contributed by atoms with van der Waals surface area (Å²) in [6.45, 7) is 6.82. The van der Waals surface area contributed by atoms with Gasteiger partial charge in [-0.3, -0.25) is 4.99 Å². The van der Waals surface area contributed by atoms with Crippen molar-refractivity contribution < 1.29 is 4.74 Å². The maximum atomic E-state index is 5.00. The summed E-state index contributed by atoms with van der Waals surface area (Å²) in [5, 5.41) is 6.51. The van der Waals surface area contributed by atoms with E-state index in [1.165, 1.54) is 11.1 Å². The lowest BCUT2D eigenvalue weighted by Gasteiger charge is -2.11. The number of halogens is 1. The van der Waals surface area contributed by atoms with Crippen LogP contribution in [0.1, 0.15) is 37.3 Å². The number of benzene rings is 1. The first-order valence-electron chi connectivity index (χ1n) is 7.69. The summed E-state index contributed by atoms with van der Waals surface area (Å²) < 4.78 is 5.00. The highest BCUT2D eigenvalue weighted by Gasteiger charge is 2.00. The lowest BCUT2D eigenvalue weighted by molar-refractivity contribution is 0.203. The number of hydrogen-bond acceptors (Lipinski definition) is 2. The summed E-state index contributed by atoms with van der Waals surface area (Å²) in [4.78, 5) is 4.17. The molecule has 0 spiro atoms. The number of aliphatic imine (C=N–C) groups is 1. The average molecular weight is 419 g/mol. The first-order chi connectivity index (χ1) is 10.2. The summed E-state index contributed by atoms with van der Waals surface area (Å²) in [5.41, 5.74) is 2.79. The highest BCUT2D eigenvalue weighted by atomic mass is 127. The third kappa shape index (κ3) is 8.58. The van der Waals surface area contributed by atoms with Crippen LogP contribution in [-0.2, 0) is 11.2 Å². The molecule has 1 aromatic rings. The number of rotatable bonds is 8. The molecule has 22 heavy (non-hydrogen) atoms. The van der Waals surface area contributed by atoms with Crippen LogP contribution in [0.3, 0.4) is 0 Å². The van der Waals surface area contributed by atoms with Crippen LogP contribution in [-0.4, -0.2) is 39.8 Å². The van der Waals surface area contributed by atoms with E-state index in [1.54, 1.807) is 14.2 Å². The lowest BCUT2D eigenvalue weighted by atomic mass is 10.0. The standard InChI is InChI=1S/C17H29N3O.HI/c1-14(2)16-9-7-15(8-10-16)6-5-11-19-17(18-3)20-12-13-21-4;/h7-10,14H,5-6,11-13H2,1-4H3,(H2,18,19,20);1H. The van der Waals surface area contributed by atoms with E-state index >= 15 is 0 Å². The molecule has 0 aliphatic heterocycles. The molecule has 0 aliphatic carbocycles. The molecule has 0 aliphatic rings. The van der Waals surface area contributed by atoms with Crippen LogP contribution < -0.4 is 10.6 Å². The summed E-state index contributed by atoms with van der Waals surface area (Å²) in [7, 11) is 3.48. The second-order valence-electron chi connectivity index (χ2n) is 5.42. The zero-order valence-electron chi connectivity index (χ0n) is 14.2. The Morgan fingerprint density at radius 2 is 1.77 bits per heavy atom. The van der Waals surface area contributed by atoms with Crippen molar-refractivity contribution in [3.05, 3.63) is 35.4 Å². The van der Waals surface area contributed by atoms with Gasteiger partial charge in [0.15, 0.2) is 5.96 Å². The fourth-order valence-corrected chi connectivity index (χ4v) is 2.06. The number of ether oxygens (including phenoxy) is 1. The fraction of sp³-hybridized carbons (Fsp3) is 0.588. The van der Waals surface area contributed by atoms with Gasteiger partial charge < -0.3 is 15.4 Å². The van der Waals surface area contributed by atoms with Crippen LogP contribution in [0.15, 0.2) is 29.3 Å². The summed E-state index contributed by atoms with van der Waals surface area (Å²) in [6, 6.07) is 8.94. The first-order valence-corrected chi connectivity index (χ1v) is 7.69. The molecule has 5 heteroatoms. The van der Waals surface area contributed by atoms with Crippen molar-refractivity contribution in [3.63, 3.8) is 0 Å². The molecule has 0 bridgehead atoms. The van der Waals surface area contributed by atoms with Crippen molar-refractivity contribution in [1.82, 2.24) is 10.6 Å². The average Bonchev–Trinajstić information content (AvgIpc) is 2.50. The Labute approximate surface area is 152 Å². The van der Waals surface area contributed by atoms with Crippen LogP contribution in [0.4, 0.5) is 0 Å². The quantitative estimate of drug-likeness (QED) is 0.295. The molecule has 0 aromatic heterocycles. The Hall–Kier alpha value is -0.820. The minimum atomic E-state index is 0. The minimum absolute atomic E-state index is 0. The van der Waals surface area contributed by atoms with E-state index in [9.17, 15) is 0 Å². The molecule has 0 unspecified atom stereocenters. The van der Waals surface area contributed by atoms with E-state index < -0.39 is 0 Å². The van der Waals surface area contributed by atoms with Gasteiger partial charge in [-0.15, -0.1) is 24.0 Å². The van der Waals surface area contributed by atoms with Gasteiger partial charge in [0, 0.05) is 27.2 Å². The van der Waals surface area contributed by atoms with Gasteiger partial charge in [0.25, 0.3) is 0 Å². The molecule has 126 valence electrons. The normalized spacial score (nSPS) is 11.2. The molecule has 1 rings (SSSR count). The summed E-state index contributed by atoms with van der Waals surface area (Å²) in [5.74, 6) is 1.43. The minimum Gasteiger partial charge on any atom is -0.383 e. The maximum absolute atomic E-state index is 5.00. The van der Waals surface area contributed by atoms with Crippen molar-refractivity contribution in [2.45, 2.75) is 32.6 Å². The molecular formula is C17H30IN3O. The molecule has 0 saturated carbocycles. The Morgan fingerprint density at radius 3 is 2.32 bits per heavy atom. The van der Waals surface area contributed by atoms with Gasteiger partial charge in [0.2, 0.25) is 0 Å². The van der Waals surface area contributed by atoms with Crippen molar-refractivity contribution in [3.8, 4) is 0 Å². The monoisotopic (exact) mass is 419 g/mol. The number of guanidine groups is 1. The predicted octanol–water partition coefficient (Wildman–Crippen LogP) is 3.17. The molecule has 0 fully saturated rings. The van der Waals surface area contributed by atoms with E-state index in [1.807, 2.05) is 0 Å². The molecule has 2 N–H and O–H groups in total. The zero-order valence-corrected chi connectivity index (χ0v) is 16.5. The predicted molar refractivity (Wildman–Crippen MR) is 106 cm³/mol. The lowest BCUT2D eigenvalue weighted by Crippen LogP contribution is -2.39. The fourth-order valence-electron chi connectivity index (χ4n) is 2.06. The molecule has 0 heterocycles. The Balaban J connectivity index is 0.00000441. The van der Waals surface area contributed by atoms with E-state index in [4.69, 9.17) is 4.74 Å². The van der Waals surface area contributed by atoms with Crippen molar-refractivity contribution in [1.29, 1.82) is 0 Å². The smallest absolute Gasteiger partial charge is 0.191 e. The number of nitrogens with one attached hydrogen (secondary N) is 2. The van der Waals surface area contributed by atoms with Gasteiger partial charge in [-0.05, 0) is 29.9 Å². The Kier molecular flexibility index (Phi) is 12.2. The SMILES string of the molecule is CN=C(NCCCc1ccc(C(C)C)cc1)NCCOC.I.